The number of benzene rings is 1. The minimum Gasteiger partial charge on any atom is -0.351 e. The van der Waals surface area contributed by atoms with E-state index in [9.17, 15) is 13.2 Å². The number of sulfonamides is 1. The van der Waals surface area contributed by atoms with Gasteiger partial charge in [-0.25, -0.2) is 8.42 Å². The highest BCUT2D eigenvalue weighted by Gasteiger charge is 2.39. The first kappa shape index (κ1) is 18.8. The summed E-state index contributed by atoms with van der Waals surface area (Å²) in [5.74, 6) is -0.281. The summed E-state index contributed by atoms with van der Waals surface area (Å²) in [5, 5.41) is 3.41. The largest absolute Gasteiger partial charge is 0.351 e. The van der Waals surface area contributed by atoms with Crippen LogP contribution in [0.4, 0.5) is 0 Å². The molecule has 134 valence electrons. The normalized spacial score (nSPS) is 18.4. The summed E-state index contributed by atoms with van der Waals surface area (Å²) in [6.45, 7) is 0.668. The summed E-state index contributed by atoms with van der Waals surface area (Å²) in [7, 11) is -3.66. The van der Waals surface area contributed by atoms with Gasteiger partial charge in [-0.1, -0.05) is 23.7 Å². The molecule has 1 amide bonds. The Balaban J connectivity index is 1.71. The molecule has 9 heteroatoms. The molecule has 0 radical (unpaired) electrons. The van der Waals surface area contributed by atoms with Gasteiger partial charge in [-0.15, -0.1) is 11.3 Å². The average Bonchev–Trinajstić information content (AvgIpc) is 3.22. The first-order valence-electron chi connectivity index (χ1n) is 7.67. The van der Waals surface area contributed by atoms with Gasteiger partial charge in [0, 0.05) is 18.1 Å². The zero-order valence-electron chi connectivity index (χ0n) is 13.1. The summed E-state index contributed by atoms with van der Waals surface area (Å²) in [5.41, 5.74) is 0.871. The van der Waals surface area contributed by atoms with Crippen molar-refractivity contribution in [3.63, 3.8) is 0 Å². The third-order valence-corrected chi connectivity index (χ3v) is 8.21. The predicted octanol–water partition coefficient (Wildman–Crippen LogP) is 3.63. The number of thiophene rings is 1. The summed E-state index contributed by atoms with van der Waals surface area (Å²) >= 11 is 10.4. The molecule has 25 heavy (non-hydrogen) atoms. The van der Waals surface area contributed by atoms with Crippen LogP contribution < -0.4 is 5.32 Å². The molecule has 0 aliphatic carbocycles. The number of rotatable bonds is 5. The molecule has 2 aromatic rings. The van der Waals surface area contributed by atoms with E-state index in [2.05, 4.69) is 21.2 Å². The fourth-order valence-electron chi connectivity index (χ4n) is 2.80. The quantitative estimate of drug-likeness (QED) is 0.736. The van der Waals surface area contributed by atoms with Gasteiger partial charge in [0.2, 0.25) is 5.91 Å². The fourth-order valence-corrected chi connectivity index (χ4v) is 6.80. The number of hydrogen-bond acceptors (Lipinski definition) is 4. The van der Waals surface area contributed by atoms with Crippen LogP contribution >= 0.6 is 38.9 Å². The van der Waals surface area contributed by atoms with Crippen LogP contribution in [-0.2, 0) is 21.4 Å². The van der Waals surface area contributed by atoms with Gasteiger partial charge in [0.05, 0.1) is 3.79 Å². The van der Waals surface area contributed by atoms with Crippen molar-refractivity contribution in [2.45, 2.75) is 29.6 Å². The van der Waals surface area contributed by atoms with Gasteiger partial charge in [0.25, 0.3) is 10.0 Å². The van der Waals surface area contributed by atoms with Crippen molar-refractivity contribution >= 4 is 54.8 Å². The smallest absolute Gasteiger partial charge is 0.253 e. The summed E-state index contributed by atoms with van der Waals surface area (Å²) < 4.78 is 27.9. The van der Waals surface area contributed by atoms with Crippen molar-refractivity contribution in [1.82, 2.24) is 9.62 Å². The first-order valence-corrected chi connectivity index (χ1v) is 11.1. The number of carbonyl (C=O) groups excluding carboxylic acids is 1. The van der Waals surface area contributed by atoms with Crippen molar-refractivity contribution in [3.8, 4) is 0 Å². The highest BCUT2D eigenvalue weighted by Crippen LogP contribution is 2.32. The topological polar surface area (TPSA) is 66.5 Å². The Kier molecular flexibility index (Phi) is 5.85. The van der Waals surface area contributed by atoms with Crippen LogP contribution in [0, 0.1) is 0 Å². The average molecular weight is 464 g/mol. The van der Waals surface area contributed by atoms with E-state index >= 15 is 0 Å². The van der Waals surface area contributed by atoms with Gasteiger partial charge in [0.1, 0.15) is 10.3 Å². The number of amides is 1. The molecule has 0 bridgehead atoms. The maximum Gasteiger partial charge on any atom is 0.253 e. The van der Waals surface area contributed by atoms with Crippen molar-refractivity contribution in [3.05, 3.63) is 50.8 Å². The van der Waals surface area contributed by atoms with Gasteiger partial charge < -0.3 is 5.32 Å². The zero-order chi connectivity index (χ0) is 18.0. The van der Waals surface area contributed by atoms with Crippen molar-refractivity contribution < 1.29 is 13.2 Å². The van der Waals surface area contributed by atoms with E-state index in [0.717, 1.165) is 20.7 Å². The highest BCUT2D eigenvalue weighted by atomic mass is 79.9. The first-order chi connectivity index (χ1) is 11.9. The van der Waals surface area contributed by atoms with Crippen LogP contribution in [0.2, 0.25) is 5.02 Å². The third-order valence-electron chi connectivity index (χ3n) is 3.97. The number of nitrogens with zero attached hydrogens (tertiary/aromatic N) is 1. The predicted molar refractivity (Wildman–Crippen MR) is 102 cm³/mol. The molecule has 1 fully saturated rings. The van der Waals surface area contributed by atoms with Gasteiger partial charge in [0.15, 0.2) is 0 Å². The molecule has 1 saturated heterocycles. The van der Waals surface area contributed by atoms with E-state index < -0.39 is 16.1 Å². The van der Waals surface area contributed by atoms with Gasteiger partial charge in [-0.2, -0.15) is 4.31 Å². The van der Waals surface area contributed by atoms with Crippen LogP contribution in [0.5, 0.6) is 0 Å². The van der Waals surface area contributed by atoms with Gasteiger partial charge >= 0.3 is 0 Å². The molecule has 1 aliphatic rings. The lowest BCUT2D eigenvalue weighted by molar-refractivity contribution is -0.124. The van der Waals surface area contributed by atoms with Crippen molar-refractivity contribution in [2.24, 2.45) is 0 Å². The van der Waals surface area contributed by atoms with Crippen LogP contribution in [0.25, 0.3) is 0 Å². The van der Waals surface area contributed by atoms with E-state index in [0.29, 0.717) is 31.0 Å². The molecule has 1 atom stereocenters. The molecule has 1 unspecified atom stereocenters. The lowest BCUT2D eigenvalue weighted by Gasteiger charge is -2.22. The molecule has 0 saturated carbocycles. The number of halogens is 2. The Labute approximate surface area is 164 Å². The molecule has 1 aromatic heterocycles. The zero-order valence-corrected chi connectivity index (χ0v) is 17.1. The summed E-state index contributed by atoms with van der Waals surface area (Å²) in [6.07, 6.45) is 1.19. The fraction of sp³-hybridized carbons (Fsp3) is 0.312. The molecule has 5 nitrogen and oxygen atoms in total. The molecular formula is C16H16BrClN2O3S2. The molecular weight excluding hydrogens is 448 g/mol. The van der Waals surface area contributed by atoms with E-state index in [1.165, 1.54) is 4.31 Å². The van der Waals surface area contributed by atoms with Crippen LogP contribution in [0.15, 0.2) is 44.4 Å². The molecule has 2 heterocycles. The monoisotopic (exact) mass is 462 g/mol. The van der Waals surface area contributed by atoms with E-state index in [1.54, 1.807) is 24.3 Å². The maximum absolute atomic E-state index is 12.8. The Morgan fingerprint density at radius 2 is 2.16 bits per heavy atom. The third kappa shape index (κ3) is 4.25. The summed E-state index contributed by atoms with van der Waals surface area (Å²) in [4.78, 5) is 12.5. The molecule has 1 aromatic carbocycles. The number of carbonyl (C=O) groups is 1. The Hall–Kier alpha value is -0.930. The Morgan fingerprint density at radius 3 is 2.84 bits per heavy atom. The van der Waals surface area contributed by atoms with Gasteiger partial charge in [-0.05, 0) is 58.6 Å². The molecule has 0 spiro atoms. The second-order valence-corrected chi connectivity index (χ2v) is 10.7. The molecule has 3 rings (SSSR count). The maximum atomic E-state index is 12.8. The van der Waals surface area contributed by atoms with Crippen LogP contribution in [0.3, 0.4) is 0 Å². The van der Waals surface area contributed by atoms with Crippen molar-refractivity contribution in [1.29, 1.82) is 0 Å². The molecule has 1 N–H and O–H groups in total. The minimum atomic E-state index is -3.66. The summed E-state index contributed by atoms with van der Waals surface area (Å²) in [6, 6.07) is 9.78. The second kappa shape index (κ2) is 7.75. The van der Waals surface area contributed by atoms with E-state index in [1.807, 2.05) is 12.1 Å². The van der Waals surface area contributed by atoms with E-state index in [4.69, 9.17) is 11.6 Å². The Bertz CT molecular complexity index is 885. The van der Waals surface area contributed by atoms with Gasteiger partial charge in [-0.3, -0.25) is 4.79 Å². The SMILES string of the molecule is O=C(NCc1cccc(Cl)c1)C1CCCN1S(=O)(=O)c1ccc(Br)s1. The highest BCUT2D eigenvalue weighted by molar-refractivity contribution is 9.11. The minimum absolute atomic E-state index is 0.244. The second-order valence-electron chi connectivity index (χ2n) is 5.68. The standard InChI is InChI=1S/C16H16BrClN2O3S2/c17-14-6-7-15(24-14)25(22,23)20-8-2-5-13(20)16(21)19-10-11-3-1-4-12(18)9-11/h1,3-4,6-7,9,13H,2,5,8,10H2,(H,19,21). The van der Waals surface area contributed by atoms with Crippen LogP contribution in [0.1, 0.15) is 18.4 Å². The van der Waals surface area contributed by atoms with Crippen molar-refractivity contribution in [2.75, 3.05) is 6.54 Å². The number of hydrogen-bond donors (Lipinski definition) is 1. The van der Waals surface area contributed by atoms with E-state index in [-0.39, 0.29) is 10.1 Å². The van der Waals surface area contributed by atoms with Crippen LogP contribution in [-0.4, -0.2) is 31.2 Å². The Morgan fingerprint density at radius 1 is 1.36 bits per heavy atom. The molecule has 1 aliphatic heterocycles. The lowest BCUT2D eigenvalue weighted by atomic mass is 10.2. The lowest BCUT2D eigenvalue weighted by Crippen LogP contribution is -2.45. The number of nitrogens with one attached hydrogen (secondary N) is 1.